The van der Waals surface area contributed by atoms with Crippen LogP contribution in [0.15, 0.2) is 24.3 Å². The summed E-state index contributed by atoms with van der Waals surface area (Å²) < 4.78 is 26.9. The van der Waals surface area contributed by atoms with Crippen molar-refractivity contribution in [1.29, 1.82) is 0 Å². The molecular formula is C13H9Cl2F2NOS. The smallest absolute Gasteiger partial charge is 0.260 e. The van der Waals surface area contributed by atoms with E-state index in [1.807, 2.05) is 0 Å². The molecule has 0 aliphatic rings. The zero-order valence-corrected chi connectivity index (χ0v) is 12.6. The number of halogens is 4. The molecule has 1 aromatic heterocycles. The van der Waals surface area contributed by atoms with Crippen LogP contribution in [0, 0.1) is 11.6 Å². The van der Waals surface area contributed by atoms with Crippen molar-refractivity contribution in [2.45, 2.75) is 6.92 Å². The van der Waals surface area contributed by atoms with Crippen LogP contribution in [0.4, 0.5) is 14.5 Å². The molecule has 0 bridgehead atoms. The number of hydrogen-bond acceptors (Lipinski definition) is 2. The lowest BCUT2D eigenvalue weighted by atomic mass is 10.2. The minimum atomic E-state index is -1.01. The zero-order chi connectivity index (χ0) is 14.9. The van der Waals surface area contributed by atoms with E-state index in [1.54, 1.807) is 6.92 Å². The molecule has 0 atom stereocenters. The minimum Gasteiger partial charge on any atom is -0.308 e. The molecular weight excluding hydrogens is 327 g/mol. The topological polar surface area (TPSA) is 20.3 Å². The predicted molar refractivity (Wildman–Crippen MR) is 78.0 cm³/mol. The van der Waals surface area contributed by atoms with E-state index in [2.05, 4.69) is 0 Å². The fraction of sp³-hybridized carbons (Fsp3) is 0.154. The van der Waals surface area contributed by atoms with Gasteiger partial charge in [-0.1, -0.05) is 23.2 Å². The normalized spacial score (nSPS) is 10.7. The number of carbonyl (C=O) groups excluding carboxylic acids is 1. The quantitative estimate of drug-likeness (QED) is 0.772. The lowest BCUT2D eigenvalue weighted by molar-refractivity contribution is 0.0989. The number of amides is 1. The van der Waals surface area contributed by atoms with Crippen LogP contribution in [-0.4, -0.2) is 12.5 Å². The Bertz CT molecular complexity index is 660. The second-order valence-corrected chi connectivity index (χ2v) is 6.17. The van der Waals surface area contributed by atoms with Gasteiger partial charge in [0.1, 0.15) is 4.34 Å². The maximum Gasteiger partial charge on any atom is 0.260 e. The molecule has 106 valence electrons. The van der Waals surface area contributed by atoms with Crippen LogP contribution in [0.25, 0.3) is 0 Å². The van der Waals surface area contributed by atoms with Crippen LogP contribution in [0.1, 0.15) is 17.3 Å². The summed E-state index contributed by atoms with van der Waals surface area (Å²) in [7, 11) is 0. The first-order chi connectivity index (χ1) is 9.43. The minimum absolute atomic E-state index is 0.244. The summed E-state index contributed by atoms with van der Waals surface area (Å²) in [6.07, 6.45) is 0. The molecule has 2 aromatic rings. The van der Waals surface area contributed by atoms with Crippen molar-refractivity contribution in [3.8, 4) is 0 Å². The van der Waals surface area contributed by atoms with Crippen LogP contribution in [0.5, 0.6) is 0 Å². The summed E-state index contributed by atoms with van der Waals surface area (Å²) >= 11 is 12.8. The Kier molecular flexibility index (Phi) is 4.62. The summed E-state index contributed by atoms with van der Waals surface area (Å²) in [5, 5.41) is 0. The fourth-order valence-corrected chi connectivity index (χ4v) is 3.18. The van der Waals surface area contributed by atoms with Crippen molar-refractivity contribution in [2.75, 3.05) is 11.4 Å². The molecule has 7 heteroatoms. The highest BCUT2D eigenvalue weighted by Crippen LogP contribution is 2.33. The van der Waals surface area contributed by atoms with Crippen molar-refractivity contribution in [3.63, 3.8) is 0 Å². The molecule has 1 amide bonds. The molecule has 0 aliphatic heterocycles. The number of benzene rings is 1. The summed E-state index contributed by atoms with van der Waals surface area (Å²) in [6.45, 7) is 2.01. The third kappa shape index (κ3) is 2.95. The molecule has 2 rings (SSSR count). The first-order valence-corrected chi connectivity index (χ1v) is 7.23. The van der Waals surface area contributed by atoms with E-state index in [0.717, 1.165) is 23.5 Å². The first kappa shape index (κ1) is 15.2. The Labute approximate surface area is 128 Å². The van der Waals surface area contributed by atoms with Gasteiger partial charge >= 0.3 is 0 Å². The molecule has 0 radical (unpaired) electrons. The summed E-state index contributed by atoms with van der Waals surface area (Å²) in [5.74, 6) is -2.39. The number of carbonyl (C=O) groups is 1. The van der Waals surface area contributed by atoms with Crippen LogP contribution in [0.3, 0.4) is 0 Å². The molecule has 1 aromatic carbocycles. The maximum atomic E-state index is 13.3. The maximum absolute atomic E-state index is 13.3. The lowest BCUT2D eigenvalue weighted by Gasteiger charge is -2.20. The zero-order valence-electron chi connectivity index (χ0n) is 10.3. The van der Waals surface area contributed by atoms with Crippen LogP contribution < -0.4 is 4.90 Å². The molecule has 0 fully saturated rings. The SMILES string of the molecule is CCN(C(=O)c1cc(Cl)sc1Cl)c1ccc(F)c(F)c1. The first-order valence-electron chi connectivity index (χ1n) is 5.65. The van der Waals surface area contributed by atoms with Crippen LogP contribution in [-0.2, 0) is 0 Å². The van der Waals surface area contributed by atoms with Gasteiger partial charge in [-0.3, -0.25) is 4.79 Å². The van der Waals surface area contributed by atoms with Gasteiger partial charge < -0.3 is 4.90 Å². The standard InChI is InChI=1S/C13H9Cl2F2NOS/c1-2-18(7-3-4-9(16)10(17)5-7)13(19)8-6-11(14)20-12(8)15/h3-6H,2H2,1H3. The number of anilines is 1. The Morgan fingerprint density at radius 3 is 2.45 bits per heavy atom. The van der Waals surface area contributed by atoms with Gasteiger partial charge in [0.25, 0.3) is 5.91 Å². The number of nitrogens with zero attached hydrogens (tertiary/aromatic N) is 1. The van der Waals surface area contributed by atoms with Crippen LogP contribution >= 0.6 is 34.5 Å². The molecule has 0 aliphatic carbocycles. The molecule has 0 unspecified atom stereocenters. The average Bonchev–Trinajstić information content (AvgIpc) is 2.73. The molecule has 20 heavy (non-hydrogen) atoms. The molecule has 0 spiro atoms. The second kappa shape index (κ2) is 6.08. The summed E-state index contributed by atoms with van der Waals surface area (Å²) in [6, 6.07) is 4.74. The van der Waals surface area contributed by atoms with Gasteiger partial charge in [-0.25, -0.2) is 8.78 Å². The van der Waals surface area contributed by atoms with Gasteiger partial charge in [-0.05, 0) is 25.1 Å². The lowest BCUT2D eigenvalue weighted by Crippen LogP contribution is -2.30. The Hall–Kier alpha value is -1.17. The Balaban J connectivity index is 2.39. The third-order valence-corrected chi connectivity index (χ3v) is 4.15. The molecule has 0 N–H and O–H groups in total. The Morgan fingerprint density at radius 1 is 1.25 bits per heavy atom. The van der Waals surface area contributed by atoms with E-state index in [1.165, 1.54) is 17.0 Å². The van der Waals surface area contributed by atoms with Gasteiger partial charge in [0.15, 0.2) is 11.6 Å². The predicted octanol–water partition coefficient (Wildman–Crippen LogP) is 5.00. The van der Waals surface area contributed by atoms with Crippen molar-refractivity contribution in [2.24, 2.45) is 0 Å². The van der Waals surface area contributed by atoms with Crippen molar-refractivity contribution >= 4 is 46.1 Å². The summed E-state index contributed by atoms with van der Waals surface area (Å²) in [4.78, 5) is 13.7. The van der Waals surface area contributed by atoms with Gasteiger partial charge in [-0.2, -0.15) is 0 Å². The average molecular weight is 336 g/mol. The highest BCUT2D eigenvalue weighted by Gasteiger charge is 2.21. The molecule has 0 saturated heterocycles. The third-order valence-electron chi connectivity index (χ3n) is 2.66. The van der Waals surface area contributed by atoms with E-state index >= 15 is 0 Å². The van der Waals surface area contributed by atoms with Crippen LogP contribution in [0.2, 0.25) is 8.67 Å². The molecule has 1 heterocycles. The highest BCUT2D eigenvalue weighted by molar-refractivity contribution is 7.20. The van der Waals surface area contributed by atoms with E-state index in [0.29, 0.717) is 4.34 Å². The van der Waals surface area contributed by atoms with Crippen molar-refractivity contribution < 1.29 is 13.6 Å². The highest BCUT2D eigenvalue weighted by atomic mass is 35.5. The number of rotatable bonds is 3. The van der Waals surface area contributed by atoms with E-state index in [4.69, 9.17) is 23.2 Å². The fourth-order valence-electron chi connectivity index (χ4n) is 1.73. The van der Waals surface area contributed by atoms with Crippen molar-refractivity contribution in [3.05, 3.63) is 50.1 Å². The van der Waals surface area contributed by atoms with Crippen molar-refractivity contribution in [1.82, 2.24) is 0 Å². The van der Waals surface area contributed by atoms with Gasteiger partial charge in [0.2, 0.25) is 0 Å². The van der Waals surface area contributed by atoms with Gasteiger partial charge in [0.05, 0.1) is 9.90 Å². The van der Waals surface area contributed by atoms with E-state index in [-0.39, 0.29) is 22.1 Å². The largest absolute Gasteiger partial charge is 0.308 e. The Morgan fingerprint density at radius 2 is 1.95 bits per heavy atom. The number of thiophene rings is 1. The van der Waals surface area contributed by atoms with Gasteiger partial charge in [-0.15, -0.1) is 11.3 Å². The summed E-state index contributed by atoms with van der Waals surface area (Å²) in [5.41, 5.74) is 0.503. The molecule has 0 saturated carbocycles. The monoisotopic (exact) mass is 335 g/mol. The number of hydrogen-bond donors (Lipinski definition) is 0. The van der Waals surface area contributed by atoms with E-state index < -0.39 is 17.5 Å². The second-order valence-electron chi connectivity index (χ2n) is 3.89. The van der Waals surface area contributed by atoms with Gasteiger partial charge in [0, 0.05) is 18.3 Å². The van der Waals surface area contributed by atoms with E-state index in [9.17, 15) is 13.6 Å². The molecule has 2 nitrogen and oxygen atoms in total.